The summed E-state index contributed by atoms with van der Waals surface area (Å²) in [6.45, 7) is 0.742. The molecule has 5 heteroatoms. The fraction of sp³-hybridized carbons (Fsp3) is 0.200. The van der Waals surface area contributed by atoms with Crippen molar-refractivity contribution in [2.24, 2.45) is 0 Å². The van der Waals surface area contributed by atoms with Crippen LogP contribution in [-0.2, 0) is 13.0 Å². The molecule has 0 fully saturated rings. The van der Waals surface area contributed by atoms with Crippen LogP contribution >= 0.6 is 12.4 Å². The number of hydrogen-bond donors (Lipinski definition) is 1. The van der Waals surface area contributed by atoms with Gasteiger partial charge in [-0.05, 0) is 5.56 Å². The first kappa shape index (κ1) is 11.5. The van der Waals surface area contributed by atoms with Gasteiger partial charge in [0, 0.05) is 6.42 Å². The van der Waals surface area contributed by atoms with E-state index in [2.05, 4.69) is 21.9 Å². The Balaban J connectivity index is 0.00000112. The summed E-state index contributed by atoms with van der Waals surface area (Å²) in [6.07, 6.45) is 2.47. The highest BCUT2D eigenvalue weighted by atomic mass is 35.5. The van der Waals surface area contributed by atoms with Crippen LogP contribution in [0, 0.1) is 5.41 Å². The highest BCUT2D eigenvalue weighted by Crippen LogP contribution is 1.98. The molecule has 0 aliphatic carbocycles. The van der Waals surface area contributed by atoms with E-state index in [1.54, 1.807) is 10.9 Å². The van der Waals surface area contributed by atoms with Crippen LogP contribution in [0.25, 0.3) is 0 Å². The highest BCUT2D eigenvalue weighted by molar-refractivity contribution is 5.85. The summed E-state index contributed by atoms with van der Waals surface area (Å²) in [7, 11) is 0. The van der Waals surface area contributed by atoms with Gasteiger partial charge in [-0.15, -0.1) is 12.4 Å². The fourth-order valence-corrected chi connectivity index (χ4v) is 1.27. The van der Waals surface area contributed by atoms with Gasteiger partial charge in [-0.3, -0.25) is 10.7 Å². The number of benzene rings is 1. The van der Waals surface area contributed by atoms with Crippen LogP contribution < -0.4 is 15.5 Å². The summed E-state index contributed by atoms with van der Waals surface area (Å²) >= 11 is 0. The Morgan fingerprint density at radius 3 is 2.60 bits per heavy atom. The molecule has 1 N–H and O–H groups in total. The van der Waals surface area contributed by atoms with E-state index in [-0.39, 0.29) is 18.0 Å². The van der Waals surface area contributed by atoms with Crippen molar-refractivity contribution in [3.63, 3.8) is 0 Å². The maximum absolute atomic E-state index is 7.15. The Hall–Kier alpha value is -1.55. The van der Waals surface area contributed by atoms with Crippen molar-refractivity contribution in [1.82, 2.24) is 5.27 Å². The minimum atomic E-state index is 0. The summed E-state index contributed by atoms with van der Waals surface area (Å²) in [6, 6.07) is 10.2. The molecule has 2 rings (SSSR count). The van der Waals surface area contributed by atoms with E-state index in [0.717, 1.165) is 13.0 Å². The molecule has 0 radical (unpaired) electrons. The van der Waals surface area contributed by atoms with Crippen LogP contribution in [0.3, 0.4) is 0 Å². The molecule has 0 saturated heterocycles. The van der Waals surface area contributed by atoms with Crippen LogP contribution in [0.2, 0.25) is 0 Å². The molecule has 0 unspecified atom stereocenters. The van der Waals surface area contributed by atoms with Crippen LogP contribution in [0.1, 0.15) is 5.56 Å². The van der Waals surface area contributed by atoms with Gasteiger partial charge in [0.25, 0.3) is 5.55 Å². The van der Waals surface area contributed by atoms with Gasteiger partial charge < -0.3 is 4.52 Å². The third-order valence-corrected chi connectivity index (χ3v) is 1.98. The number of hydrogen-bond acceptors (Lipinski definition) is 2. The second kappa shape index (κ2) is 5.36. The van der Waals surface area contributed by atoms with Crippen molar-refractivity contribution in [2.45, 2.75) is 13.0 Å². The van der Waals surface area contributed by atoms with Crippen LogP contribution in [0.4, 0.5) is 0 Å². The molecule has 0 atom stereocenters. The van der Waals surface area contributed by atoms with E-state index < -0.39 is 0 Å². The van der Waals surface area contributed by atoms with Gasteiger partial charge in [-0.1, -0.05) is 30.3 Å². The fourth-order valence-electron chi connectivity index (χ4n) is 1.27. The average molecular weight is 226 g/mol. The highest BCUT2D eigenvalue weighted by Gasteiger charge is 1.97. The summed E-state index contributed by atoms with van der Waals surface area (Å²) in [5.41, 5.74) is 1.35. The van der Waals surface area contributed by atoms with Gasteiger partial charge in [-0.25, -0.2) is 4.68 Å². The number of nitrogens with zero attached hydrogens (tertiary/aromatic N) is 2. The molecule has 80 valence electrons. The number of nitrogens with one attached hydrogen (secondary N) is 1. The molecule has 2 aromatic rings. The van der Waals surface area contributed by atoms with E-state index in [9.17, 15) is 0 Å². The van der Waals surface area contributed by atoms with E-state index in [1.165, 1.54) is 5.56 Å². The van der Waals surface area contributed by atoms with Gasteiger partial charge >= 0.3 is 0 Å². The zero-order valence-electron chi connectivity index (χ0n) is 8.09. The van der Waals surface area contributed by atoms with E-state index in [1.807, 2.05) is 18.2 Å². The van der Waals surface area contributed by atoms with Gasteiger partial charge in [-0.2, -0.15) is 0 Å². The van der Waals surface area contributed by atoms with Crippen LogP contribution in [0.5, 0.6) is 0 Å². The summed E-state index contributed by atoms with van der Waals surface area (Å²) in [4.78, 5) is 0. The molecular weight excluding hydrogens is 214 g/mol. The van der Waals surface area contributed by atoms with Crippen molar-refractivity contribution in [3.05, 3.63) is 47.6 Å². The van der Waals surface area contributed by atoms with Crippen molar-refractivity contribution in [3.8, 4) is 0 Å². The largest absolute Gasteiger partial charge is 0.487 e. The lowest BCUT2D eigenvalue weighted by atomic mass is 10.1. The molecule has 1 aromatic carbocycles. The van der Waals surface area contributed by atoms with Crippen molar-refractivity contribution < 1.29 is 9.20 Å². The molecule has 0 amide bonds. The van der Waals surface area contributed by atoms with E-state index in [4.69, 9.17) is 5.41 Å². The molecule has 0 aliphatic heterocycles. The second-order valence-electron chi connectivity index (χ2n) is 3.06. The topological polar surface area (TPSA) is 55.0 Å². The SMILES string of the molecule is Cl.N=c1c[n+](CCc2ccccc2)[n-]o1. The maximum atomic E-state index is 7.15. The van der Waals surface area contributed by atoms with Gasteiger partial charge in [0.1, 0.15) is 6.54 Å². The Kier molecular flexibility index (Phi) is 4.12. The van der Waals surface area contributed by atoms with Crippen LogP contribution in [0.15, 0.2) is 41.1 Å². The Morgan fingerprint density at radius 1 is 1.27 bits per heavy atom. The molecule has 4 nitrogen and oxygen atoms in total. The zero-order valence-corrected chi connectivity index (χ0v) is 8.91. The van der Waals surface area contributed by atoms with E-state index >= 15 is 0 Å². The lowest BCUT2D eigenvalue weighted by molar-refractivity contribution is -0.767. The Morgan fingerprint density at radius 2 is 2.00 bits per heavy atom. The third kappa shape index (κ3) is 3.25. The molecule has 0 aliphatic rings. The van der Waals surface area contributed by atoms with Crippen molar-refractivity contribution >= 4 is 12.4 Å². The first-order chi connectivity index (χ1) is 6.84. The standard InChI is InChI=1S/C10H11N3O.ClH/c11-10-8-13(12-14-10)7-6-9-4-2-1-3-5-9;/h1-5,8,11H,6-7H2;1H. The number of rotatable bonds is 3. The zero-order chi connectivity index (χ0) is 9.80. The molecule has 0 bridgehead atoms. The maximum Gasteiger partial charge on any atom is 0.264 e. The number of halogens is 1. The second-order valence-corrected chi connectivity index (χ2v) is 3.06. The average Bonchev–Trinajstić information content (AvgIpc) is 2.63. The van der Waals surface area contributed by atoms with E-state index in [0.29, 0.717) is 0 Å². The molecule has 0 saturated carbocycles. The van der Waals surface area contributed by atoms with Crippen molar-refractivity contribution in [2.75, 3.05) is 0 Å². The summed E-state index contributed by atoms with van der Waals surface area (Å²) in [5, 5.41) is 10.8. The van der Waals surface area contributed by atoms with Crippen molar-refractivity contribution in [1.29, 1.82) is 5.41 Å². The molecule has 0 spiro atoms. The lowest BCUT2D eigenvalue weighted by Crippen LogP contribution is -2.38. The minimum absolute atomic E-state index is 0. The minimum Gasteiger partial charge on any atom is -0.487 e. The lowest BCUT2D eigenvalue weighted by Gasteiger charge is -1.98. The predicted molar refractivity (Wildman–Crippen MR) is 55.5 cm³/mol. The Labute approximate surface area is 93.4 Å². The first-order valence-electron chi connectivity index (χ1n) is 4.46. The number of aromatic nitrogens is 2. The number of aryl methyl sites for hydroxylation is 2. The summed E-state index contributed by atoms with van der Waals surface area (Å²) < 4.78 is 6.27. The molecular formula is C10H12ClN3O. The smallest absolute Gasteiger partial charge is 0.264 e. The first-order valence-corrected chi connectivity index (χ1v) is 4.46. The third-order valence-electron chi connectivity index (χ3n) is 1.98. The normalized spacial score (nSPS) is 9.60. The molecule has 1 aromatic heterocycles. The quantitative estimate of drug-likeness (QED) is 0.781. The molecule has 1 heterocycles. The van der Waals surface area contributed by atoms with Crippen LogP contribution in [-0.4, -0.2) is 0 Å². The van der Waals surface area contributed by atoms with Gasteiger partial charge in [0.05, 0.1) is 0 Å². The van der Waals surface area contributed by atoms with Gasteiger partial charge in [0.15, 0.2) is 0 Å². The van der Waals surface area contributed by atoms with Gasteiger partial charge in [0.2, 0.25) is 6.20 Å². The monoisotopic (exact) mass is 225 g/mol. The predicted octanol–water partition coefficient (Wildman–Crippen LogP) is 0.668. The Bertz CT molecular complexity index is 449. The molecule has 15 heavy (non-hydrogen) atoms. The summed E-state index contributed by atoms with van der Waals surface area (Å²) in [5.74, 6) is 0.